The number of halogens is 3. The fraction of sp³-hybridized carbons (Fsp3) is 0.318. The number of anilines is 1. The van der Waals surface area contributed by atoms with E-state index in [9.17, 15) is 18.0 Å². The normalized spacial score (nSPS) is 16.5. The molecule has 0 bridgehead atoms. The summed E-state index contributed by atoms with van der Waals surface area (Å²) in [5, 5.41) is 2.06. The van der Waals surface area contributed by atoms with Gasteiger partial charge in [-0.3, -0.25) is 9.69 Å². The van der Waals surface area contributed by atoms with Gasteiger partial charge in [0.05, 0.1) is 23.9 Å². The van der Waals surface area contributed by atoms with Gasteiger partial charge in [0, 0.05) is 23.2 Å². The van der Waals surface area contributed by atoms with Gasteiger partial charge in [-0.25, -0.2) is 9.97 Å². The van der Waals surface area contributed by atoms with E-state index in [4.69, 9.17) is 4.74 Å². The number of carbonyl (C=O) groups excluding carboxylic acids is 1. The maximum Gasteiger partial charge on any atom is 0.416 e. The van der Waals surface area contributed by atoms with Gasteiger partial charge < -0.3 is 4.74 Å². The zero-order valence-electron chi connectivity index (χ0n) is 16.7. The largest absolute Gasteiger partial charge is 0.416 e. The molecule has 3 aromatic rings. The van der Waals surface area contributed by atoms with Crippen molar-refractivity contribution in [3.8, 4) is 11.3 Å². The molecule has 1 saturated heterocycles. The Kier molecular flexibility index (Phi) is 6.06. The van der Waals surface area contributed by atoms with Crippen LogP contribution in [0.15, 0.2) is 47.8 Å². The number of ether oxygens (including phenoxy) is 1. The highest BCUT2D eigenvalue weighted by Crippen LogP contribution is 2.34. The van der Waals surface area contributed by atoms with Crippen molar-refractivity contribution in [1.29, 1.82) is 0 Å². The molecule has 4 rings (SSSR count). The van der Waals surface area contributed by atoms with E-state index in [1.807, 2.05) is 0 Å². The highest BCUT2D eigenvalue weighted by Gasteiger charge is 2.31. The van der Waals surface area contributed by atoms with Crippen LogP contribution in [0.2, 0.25) is 0 Å². The van der Waals surface area contributed by atoms with Gasteiger partial charge >= 0.3 is 6.18 Å². The average molecular weight is 447 g/mol. The number of benzene rings is 1. The van der Waals surface area contributed by atoms with Crippen molar-refractivity contribution in [1.82, 2.24) is 9.97 Å². The van der Waals surface area contributed by atoms with E-state index in [2.05, 4.69) is 9.97 Å². The van der Waals surface area contributed by atoms with Crippen LogP contribution in [-0.4, -0.2) is 35.1 Å². The van der Waals surface area contributed by atoms with E-state index in [-0.39, 0.29) is 17.7 Å². The highest BCUT2D eigenvalue weighted by molar-refractivity contribution is 7.14. The van der Waals surface area contributed by atoms with Gasteiger partial charge in [0.15, 0.2) is 5.13 Å². The van der Waals surface area contributed by atoms with E-state index in [0.29, 0.717) is 35.2 Å². The minimum Gasteiger partial charge on any atom is -0.376 e. The van der Waals surface area contributed by atoms with Crippen molar-refractivity contribution in [3.05, 3.63) is 64.8 Å². The minimum atomic E-state index is -4.44. The van der Waals surface area contributed by atoms with Crippen molar-refractivity contribution < 1.29 is 22.7 Å². The molecule has 1 aliphatic heterocycles. The molecule has 0 saturated carbocycles. The molecular weight excluding hydrogens is 427 g/mol. The second-order valence-electron chi connectivity index (χ2n) is 7.31. The molecule has 3 heterocycles. The molecule has 1 amide bonds. The second-order valence-corrected chi connectivity index (χ2v) is 8.15. The Morgan fingerprint density at radius 3 is 2.74 bits per heavy atom. The first-order valence-corrected chi connectivity index (χ1v) is 10.7. The topological polar surface area (TPSA) is 55.3 Å². The van der Waals surface area contributed by atoms with Crippen LogP contribution in [-0.2, 0) is 10.9 Å². The Morgan fingerprint density at radius 2 is 2.03 bits per heavy atom. The summed E-state index contributed by atoms with van der Waals surface area (Å²) in [6.07, 6.45) is -2.80. The Morgan fingerprint density at radius 1 is 1.23 bits per heavy atom. The third-order valence-corrected chi connectivity index (χ3v) is 5.84. The number of hydrogen-bond acceptors (Lipinski definition) is 5. The number of alkyl halides is 3. The number of rotatable bonds is 5. The predicted octanol–water partition coefficient (Wildman–Crippen LogP) is 5.36. The van der Waals surface area contributed by atoms with E-state index >= 15 is 0 Å². The zero-order valence-corrected chi connectivity index (χ0v) is 17.5. The quantitative estimate of drug-likeness (QED) is 0.529. The van der Waals surface area contributed by atoms with Crippen LogP contribution in [0, 0.1) is 6.92 Å². The monoisotopic (exact) mass is 447 g/mol. The lowest BCUT2D eigenvalue weighted by molar-refractivity contribution is -0.137. The van der Waals surface area contributed by atoms with Gasteiger partial charge in [0.25, 0.3) is 5.91 Å². The summed E-state index contributed by atoms with van der Waals surface area (Å²) in [6, 6.07) is 10.2. The number of aromatic nitrogens is 2. The van der Waals surface area contributed by atoms with Gasteiger partial charge in [-0.15, -0.1) is 11.3 Å². The molecule has 0 aliphatic carbocycles. The van der Waals surface area contributed by atoms with Crippen LogP contribution in [0.25, 0.3) is 11.3 Å². The predicted molar refractivity (Wildman–Crippen MR) is 112 cm³/mol. The Balaban J connectivity index is 1.66. The van der Waals surface area contributed by atoms with Gasteiger partial charge in [-0.05, 0) is 44.0 Å². The Hall–Kier alpha value is -2.78. The molecule has 2 aromatic heterocycles. The van der Waals surface area contributed by atoms with Crippen molar-refractivity contribution in [2.45, 2.75) is 32.0 Å². The number of aryl methyl sites for hydroxylation is 1. The summed E-state index contributed by atoms with van der Waals surface area (Å²) in [7, 11) is 0. The summed E-state index contributed by atoms with van der Waals surface area (Å²) in [5.74, 6) is -0.316. The van der Waals surface area contributed by atoms with Gasteiger partial charge in [-0.1, -0.05) is 18.2 Å². The molecule has 1 aliphatic rings. The molecule has 0 N–H and O–H groups in total. The molecule has 31 heavy (non-hydrogen) atoms. The fourth-order valence-corrected chi connectivity index (χ4v) is 4.26. The third kappa shape index (κ3) is 4.94. The first-order chi connectivity index (χ1) is 14.8. The molecular formula is C22H20F3N3O2S. The molecule has 1 fully saturated rings. The lowest BCUT2D eigenvalue weighted by Crippen LogP contribution is -2.38. The number of pyridine rings is 1. The van der Waals surface area contributed by atoms with E-state index < -0.39 is 11.7 Å². The number of carbonyl (C=O) groups is 1. The summed E-state index contributed by atoms with van der Waals surface area (Å²) in [5.41, 5.74) is 0.986. The molecule has 5 nitrogen and oxygen atoms in total. The number of nitrogens with zero attached hydrogens (tertiary/aromatic N) is 3. The Bertz CT molecular complexity index is 1080. The van der Waals surface area contributed by atoms with Crippen molar-refractivity contribution >= 4 is 22.4 Å². The van der Waals surface area contributed by atoms with Crippen molar-refractivity contribution in [2.24, 2.45) is 0 Å². The van der Waals surface area contributed by atoms with Crippen LogP contribution in [0.5, 0.6) is 0 Å². The summed E-state index contributed by atoms with van der Waals surface area (Å²) in [4.78, 5) is 23.6. The van der Waals surface area contributed by atoms with E-state index in [0.717, 1.165) is 25.0 Å². The lowest BCUT2D eigenvalue weighted by Gasteiger charge is -2.22. The lowest BCUT2D eigenvalue weighted by atomic mass is 10.1. The minimum absolute atomic E-state index is 0.116. The van der Waals surface area contributed by atoms with Crippen LogP contribution in [0.1, 0.15) is 34.6 Å². The first kappa shape index (κ1) is 21.5. The maximum absolute atomic E-state index is 13.2. The van der Waals surface area contributed by atoms with E-state index in [1.54, 1.807) is 36.6 Å². The molecule has 9 heteroatoms. The molecule has 0 radical (unpaired) electrons. The summed E-state index contributed by atoms with van der Waals surface area (Å²) >= 11 is 1.21. The van der Waals surface area contributed by atoms with E-state index in [1.165, 1.54) is 22.3 Å². The average Bonchev–Trinajstić information content (AvgIpc) is 3.43. The SMILES string of the molecule is Cc1cccc(C(=O)N(CC2CCCO2)c2nc(-c3cccc(C(F)(F)F)c3)cs2)n1. The molecule has 162 valence electrons. The first-order valence-electron chi connectivity index (χ1n) is 9.81. The molecule has 1 aromatic carbocycles. The molecule has 1 unspecified atom stereocenters. The van der Waals surface area contributed by atoms with Gasteiger partial charge in [0.1, 0.15) is 5.69 Å². The summed E-state index contributed by atoms with van der Waals surface area (Å²) in [6.45, 7) is 2.75. The highest BCUT2D eigenvalue weighted by atomic mass is 32.1. The van der Waals surface area contributed by atoms with Crippen LogP contribution >= 0.6 is 11.3 Å². The number of amides is 1. The van der Waals surface area contributed by atoms with Crippen LogP contribution in [0.4, 0.5) is 18.3 Å². The second kappa shape index (κ2) is 8.76. The maximum atomic E-state index is 13.2. The zero-order chi connectivity index (χ0) is 22.0. The summed E-state index contributed by atoms with van der Waals surface area (Å²) < 4.78 is 44.9. The van der Waals surface area contributed by atoms with Crippen molar-refractivity contribution in [3.63, 3.8) is 0 Å². The molecule has 0 spiro atoms. The third-order valence-electron chi connectivity index (χ3n) is 4.97. The van der Waals surface area contributed by atoms with Crippen LogP contribution in [0.3, 0.4) is 0 Å². The van der Waals surface area contributed by atoms with Crippen LogP contribution < -0.4 is 4.90 Å². The Labute approximate surface area is 181 Å². The standard InChI is InChI=1S/C22H20F3N3O2S/c1-14-5-2-9-18(26-14)20(29)28(12-17-8-4-10-30-17)21-27-19(13-31-21)15-6-3-7-16(11-15)22(23,24)25/h2-3,5-7,9,11,13,17H,4,8,10,12H2,1H3. The smallest absolute Gasteiger partial charge is 0.376 e. The van der Waals surface area contributed by atoms with Gasteiger partial charge in [-0.2, -0.15) is 13.2 Å². The van der Waals surface area contributed by atoms with Gasteiger partial charge in [0.2, 0.25) is 0 Å². The molecule has 1 atom stereocenters. The number of thiazole rings is 1. The van der Waals surface area contributed by atoms with Crippen molar-refractivity contribution in [2.75, 3.05) is 18.1 Å². The number of hydrogen-bond donors (Lipinski definition) is 0. The fourth-order valence-electron chi connectivity index (χ4n) is 3.42.